The molecule has 0 aliphatic rings. The topological polar surface area (TPSA) is 46.2 Å². The average Bonchev–Trinajstić information content (AvgIpc) is 2.40. The Labute approximate surface area is 128 Å². The smallest absolute Gasteiger partial charge is 0.416 e. The number of hydrogen-bond donors (Lipinski definition) is 2. The van der Waals surface area contributed by atoms with Crippen molar-refractivity contribution in [3.8, 4) is 5.75 Å². The highest BCUT2D eigenvalue weighted by Crippen LogP contribution is 2.36. The van der Waals surface area contributed by atoms with E-state index in [0.717, 1.165) is 11.6 Å². The molecule has 0 radical (unpaired) electrons. The molecule has 0 spiro atoms. The molecule has 2 rings (SSSR count). The van der Waals surface area contributed by atoms with Crippen molar-refractivity contribution < 1.29 is 18.3 Å². The van der Waals surface area contributed by atoms with Crippen LogP contribution in [0.3, 0.4) is 0 Å². The van der Waals surface area contributed by atoms with Crippen LogP contribution in [0.4, 0.5) is 13.2 Å². The Morgan fingerprint density at radius 2 is 1.71 bits per heavy atom. The van der Waals surface area contributed by atoms with E-state index in [9.17, 15) is 18.3 Å². The second-order valence-electron chi connectivity index (χ2n) is 4.71. The lowest BCUT2D eigenvalue weighted by molar-refractivity contribution is -0.138. The summed E-state index contributed by atoms with van der Waals surface area (Å²) in [5, 5.41) is 9.20. The Morgan fingerprint density at radius 3 is 2.29 bits per heavy atom. The number of halogens is 4. The summed E-state index contributed by atoms with van der Waals surface area (Å²) in [4.78, 5) is 0. The first-order valence-corrected chi connectivity index (χ1v) is 6.97. The van der Waals surface area contributed by atoms with Gasteiger partial charge in [-0.05, 0) is 41.8 Å². The molecule has 0 saturated heterocycles. The van der Waals surface area contributed by atoms with Gasteiger partial charge < -0.3 is 10.8 Å². The molecular weight excluding hydrogens is 347 g/mol. The van der Waals surface area contributed by atoms with Gasteiger partial charge in [-0.2, -0.15) is 13.2 Å². The van der Waals surface area contributed by atoms with Gasteiger partial charge in [0, 0.05) is 10.5 Å². The normalized spacial score (nSPS) is 13.2. The van der Waals surface area contributed by atoms with E-state index in [0.29, 0.717) is 4.47 Å². The van der Waals surface area contributed by atoms with Gasteiger partial charge in [0.15, 0.2) is 0 Å². The number of alkyl halides is 3. The molecule has 1 unspecified atom stereocenters. The largest absolute Gasteiger partial charge is 0.508 e. The van der Waals surface area contributed by atoms with Gasteiger partial charge in [0.1, 0.15) is 5.75 Å². The van der Waals surface area contributed by atoms with E-state index in [2.05, 4.69) is 15.9 Å². The summed E-state index contributed by atoms with van der Waals surface area (Å²) >= 11 is 3.04. The first kappa shape index (κ1) is 15.9. The summed E-state index contributed by atoms with van der Waals surface area (Å²) in [6.45, 7) is 0. The van der Waals surface area contributed by atoms with Crippen LogP contribution in [-0.2, 0) is 12.6 Å². The maximum atomic E-state index is 13.1. The maximum Gasteiger partial charge on any atom is 0.416 e. The van der Waals surface area contributed by atoms with Gasteiger partial charge in [0.05, 0.1) is 5.56 Å². The number of phenols is 1. The summed E-state index contributed by atoms with van der Waals surface area (Å²) in [5.41, 5.74) is 6.02. The molecule has 0 bridgehead atoms. The van der Waals surface area contributed by atoms with Crippen LogP contribution < -0.4 is 5.73 Å². The highest BCUT2D eigenvalue weighted by Gasteiger charge is 2.34. The molecule has 2 aromatic rings. The Hall–Kier alpha value is -1.53. The van der Waals surface area contributed by atoms with Crippen molar-refractivity contribution >= 4 is 15.9 Å². The van der Waals surface area contributed by atoms with E-state index in [1.165, 1.54) is 18.2 Å². The van der Waals surface area contributed by atoms with Gasteiger partial charge in [0.25, 0.3) is 0 Å². The third-order valence-electron chi connectivity index (χ3n) is 3.11. The Balaban J connectivity index is 2.30. The molecule has 21 heavy (non-hydrogen) atoms. The summed E-state index contributed by atoms with van der Waals surface area (Å²) < 4.78 is 39.6. The van der Waals surface area contributed by atoms with Crippen LogP contribution in [0.5, 0.6) is 5.75 Å². The van der Waals surface area contributed by atoms with Crippen LogP contribution in [0.1, 0.15) is 22.7 Å². The highest BCUT2D eigenvalue weighted by atomic mass is 79.9. The first-order valence-electron chi connectivity index (χ1n) is 6.17. The standard InChI is InChI=1S/C15H13BrF3NO/c16-10-3-6-12(13(8-10)15(17,18)19)14(20)7-9-1-4-11(21)5-2-9/h1-6,8,14,21H,7,20H2. The zero-order chi connectivity index (χ0) is 15.6. The fourth-order valence-corrected chi connectivity index (χ4v) is 2.45. The quantitative estimate of drug-likeness (QED) is 0.852. The van der Waals surface area contributed by atoms with Gasteiger partial charge in [-0.25, -0.2) is 0 Å². The maximum absolute atomic E-state index is 13.1. The van der Waals surface area contributed by atoms with E-state index in [4.69, 9.17) is 5.73 Å². The highest BCUT2D eigenvalue weighted by molar-refractivity contribution is 9.10. The van der Waals surface area contributed by atoms with Gasteiger partial charge in [0.2, 0.25) is 0 Å². The molecular formula is C15H13BrF3NO. The van der Waals surface area contributed by atoms with E-state index >= 15 is 0 Å². The summed E-state index contributed by atoms with van der Waals surface area (Å²) in [7, 11) is 0. The number of rotatable bonds is 3. The molecule has 0 fully saturated rings. The molecule has 0 aliphatic carbocycles. The lowest BCUT2D eigenvalue weighted by Crippen LogP contribution is -2.19. The lowest BCUT2D eigenvalue weighted by atomic mass is 9.95. The van der Waals surface area contributed by atoms with Crippen molar-refractivity contribution in [1.82, 2.24) is 0 Å². The van der Waals surface area contributed by atoms with Crippen LogP contribution in [0, 0.1) is 0 Å². The lowest BCUT2D eigenvalue weighted by Gasteiger charge is -2.19. The predicted molar refractivity (Wildman–Crippen MR) is 77.9 cm³/mol. The van der Waals surface area contributed by atoms with E-state index in [1.54, 1.807) is 18.2 Å². The fraction of sp³-hybridized carbons (Fsp3) is 0.200. The predicted octanol–water partition coefficient (Wildman–Crippen LogP) is 4.42. The minimum absolute atomic E-state index is 0.0544. The SMILES string of the molecule is NC(Cc1ccc(O)cc1)c1ccc(Br)cc1C(F)(F)F. The summed E-state index contributed by atoms with van der Waals surface area (Å²) in [6.07, 6.45) is -4.20. The minimum atomic E-state index is -4.45. The monoisotopic (exact) mass is 359 g/mol. The number of nitrogens with two attached hydrogens (primary N) is 1. The number of phenolic OH excluding ortho intramolecular Hbond substituents is 1. The van der Waals surface area contributed by atoms with Crippen LogP contribution in [0.15, 0.2) is 46.9 Å². The van der Waals surface area contributed by atoms with Crippen molar-refractivity contribution in [1.29, 1.82) is 0 Å². The van der Waals surface area contributed by atoms with Crippen molar-refractivity contribution in [3.05, 3.63) is 63.6 Å². The zero-order valence-electron chi connectivity index (χ0n) is 10.9. The number of hydrogen-bond acceptors (Lipinski definition) is 2. The third-order valence-corrected chi connectivity index (χ3v) is 3.61. The van der Waals surface area contributed by atoms with Gasteiger partial charge >= 0.3 is 6.18 Å². The van der Waals surface area contributed by atoms with Gasteiger partial charge in [-0.3, -0.25) is 0 Å². The molecule has 1 atom stereocenters. The van der Waals surface area contributed by atoms with Crippen molar-refractivity contribution in [3.63, 3.8) is 0 Å². The molecule has 6 heteroatoms. The minimum Gasteiger partial charge on any atom is -0.508 e. The van der Waals surface area contributed by atoms with Crippen LogP contribution in [0.2, 0.25) is 0 Å². The molecule has 3 N–H and O–H groups in total. The number of benzene rings is 2. The molecule has 0 aliphatic heterocycles. The van der Waals surface area contributed by atoms with Gasteiger partial charge in [-0.15, -0.1) is 0 Å². The van der Waals surface area contributed by atoms with E-state index in [-0.39, 0.29) is 17.7 Å². The summed E-state index contributed by atoms with van der Waals surface area (Å²) in [5.74, 6) is 0.104. The summed E-state index contributed by atoms with van der Waals surface area (Å²) in [6, 6.07) is 9.43. The van der Waals surface area contributed by atoms with Crippen molar-refractivity contribution in [2.75, 3.05) is 0 Å². The fourth-order valence-electron chi connectivity index (χ4n) is 2.09. The molecule has 0 heterocycles. The second kappa shape index (κ2) is 6.07. The zero-order valence-corrected chi connectivity index (χ0v) is 12.4. The van der Waals surface area contributed by atoms with E-state index < -0.39 is 17.8 Å². The van der Waals surface area contributed by atoms with Gasteiger partial charge in [-0.1, -0.05) is 34.1 Å². The molecule has 112 valence electrons. The molecule has 0 saturated carbocycles. The van der Waals surface area contributed by atoms with Crippen molar-refractivity contribution in [2.45, 2.75) is 18.6 Å². The molecule has 2 nitrogen and oxygen atoms in total. The molecule has 0 aromatic heterocycles. The van der Waals surface area contributed by atoms with E-state index in [1.807, 2.05) is 0 Å². The van der Waals surface area contributed by atoms with Crippen LogP contribution in [0.25, 0.3) is 0 Å². The van der Waals surface area contributed by atoms with Crippen LogP contribution >= 0.6 is 15.9 Å². The van der Waals surface area contributed by atoms with Crippen LogP contribution in [-0.4, -0.2) is 5.11 Å². The first-order chi connectivity index (χ1) is 9.77. The number of aromatic hydroxyl groups is 1. The Kier molecular flexibility index (Phi) is 4.58. The molecule has 0 amide bonds. The Bertz CT molecular complexity index is 626. The average molecular weight is 360 g/mol. The Morgan fingerprint density at radius 1 is 1.10 bits per heavy atom. The third kappa shape index (κ3) is 3.98. The second-order valence-corrected chi connectivity index (χ2v) is 5.62. The molecule has 2 aromatic carbocycles. The van der Waals surface area contributed by atoms with Crippen molar-refractivity contribution in [2.24, 2.45) is 5.73 Å².